The molecule has 5 heteroatoms. The fourth-order valence-electron chi connectivity index (χ4n) is 1.70. The maximum Gasteiger partial charge on any atom is 0.107 e. The molecule has 2 aromatic heterocycles. The Morgan fingerprint density at radius 3 is 3.00 bits per heavy atom. The number of thiazole rings is 1. The standard InChI is InChI=1S/C12H18N4S/c1-3-6-16-11(4-5-15-16)8-13-9-12-14-7-10(2)17-12/h4-5,7,13H,3,6,8-9H2,1-2H3. The van der Waals surface area contributed by atoms with Crippen LogP contribution in [0.25, 0.3) is 0 Å². The molecule has 0 aromatic carbocycles. The average molecular weight is 250 g/mol. The minimum absolute atomic E-state index is 0.829. The van der Waals surface area contributed by atoms with Gasteiger partial charge < -0.3 is 5.32 Å². The molecule has 92 valence electrons. The zero-order valence-corrected chi connectivity index (χ0v) is 11.1. The summed E-state index contributed by atoms with van der Waals surface area (Å²) in [6, 6.07) is 2.07. The van der Waals surface area contributed by atoms with Gasteiger partial charge in [0.05, 0.1) is 5.69 Å². The van der Waals surface area contributed by atoms with Gasteiger partial charge in [-0.2, -0.15) is 5.10 Å². The van der Waals surface area contributed by atoms with Crippen LogP contribution in [0.1, 0.15) is 28.9 Å². The minimum Gasteiger partial charge on any atom is -0.305 e. The summed E-state index contributed by atoms with van der Waals surface area (Å²) in [5.74, 6) is 0. The lowest BCUT2D eigenvalue weighted by atomic mass is 10.4. The molecule has 0 aliphatic heterocycles. The lowest BCUT2D eigenvalue weighted by molar-refractivity contribution is 0.549. The van der Waals surface area contributed by atoms with E-state index >= 15 is 0 Å². The fraction of sp³-hybridized carbons (Fsp3) is 0.500. The van der Waals surface area contributed by atoms with E-state index in [-0.39, 0.29) is 0 Å². The molecule has 0 unspecified atom stereocenters. The summed E-state index contributed by atoms with van der Waals surface area (Å²) in [7, 11) is 0. The maximum atomic E-state index is 4.33. The van der Waals surface area contributed by atoms with E-state index in [4.69, 9.17) is 0 Å². The van der Waals surface area contributed by atoms with Crippen molar-refractivity contribution < 1.29 is 0 Å². The predicted octanol–water partition coefficient (Wildman–Crippen LogP) is 2.35. The van der Waals surface area contributed by atoms with E-state index in [1.165, 1.54) is 10.6 Å². The molecule has 0 atom stereocenters. The van der Waals surface area contributed by atoms with Crippen molar-refractivity contribution in [3.8, 4) is 0 Å². The minimum atomic E-state index is 0.829. The van der Waals surface area contributed by atoms with Gasteiger partial charge in [-0.05, 0) is 19.4 Å². The Kier molecular flexibility index (Phi) is 4.28. The summed E-state index contributed by atoms with van der Waals surface area (Å²) in [5, 5.41) is 8.85. The van der Waals surface area contributed by atoms with Crippen LogP contribution in [0.15, 0.2) is 18.5 Å². The molecule has 1 N–H and O–H groups in total. The van der Waals surface area contributed by atoms with Crippen LogP contribution in [0.4, 0.5) is 0 Å². The SMILES string of the molecule is CCCn1nccc1CNCc1ncc(C)s1. The van der Waals surface area contributed by atoms with Gasteiger partial charge in [0.2, 0.25) is 0 Å². The zero-order valence-electron chi connectivity index (χ0n) is 10.3. The molecule has 0 fully saturated rings. The van der Waals surface area contributed by atoms with Gasteiger partial charge in [-0.15, -0.1) is 11.3 Å². The third-order valence-electron chi connectivity index (χ3n) is 2.49. The second-order valence-electron chi connectivity index (χ2n) is 4.01. The van der Waals surface area contributed by atoms with Gasteiger partial charge in [0, 0.05) is 36.9 Å². The van der Waals surface area contributed by atoms with Crippen LogP contribution in [-0.2, 0) is 19.6 Å². The van der Waals surface area contributed by atoms with E-state index in [0.29, 0.717) is 0 Å². The van der Waals surface area contributed by atoms with Crippen LogP contribution in [-0.4, -0.2) is 14.8 Å². The summed E-state index contributed by atoms with van der Waals surface area (Å²) in [6.07, 6.45) is 4.89. The van der Waals surface area contributed by atoms with Gasteiger partial charge in [0.15, 0.2) is 0 Å². The van der Waals surface area contributed by atoms with Crippen molar-refractivity contribution in [2.45, 2.75) is 39.9 Å². The van der Waals surface area contributed by atoms with Crippen LogP contribution in [0, 0.1) is 6.92 Å². The molecular formula is C12H18N4S. The molecule has 0 aliphatic rings. The van der Waals surface area contributed by atoms with Gasteiger partial charge >= 0.3 is 0 Å². The molecule has 0 spiro atoms. The Bertz CT molecular complexity index is 461. The second-order valence-corrected chi connectivity index (χ2v) is 5.33. The second kappa shape index (κ2) is 5.93. The highest BCUT2D eigenvalue weighted by Crippen LogP contribution is 2.10. The van der Waals surface area contributed by atoms with E-state index in [9.17, 15) is 0 Å². The van der Waals surface area contributed by atoms with Crippen molar-refractivity contribution in [2.24, 2.45) is 0 Å². The van der Waals surface area contributed by atoms with E-state index in [0.717, 1.165) is 31.1 Å². The van der Waals surface area contributed by atoms with Crippen molar-refractivity contribution in [1.82, 2.24) is 20.1 Å². The third-order valence-corrected chi connectivity index (χ3v) is 3.40. The first-order valence-electron chi connectivity index (χ1n) is 5.92. The lowest BCUT2D eigenvalue weighted by Crippen LogP contribution is -2.16. The normalized spacial score (nSPS) is 10.9. The van der Waals surface area contributed by atoms with Crippen LogP contribution in [0.3, 0.4) is 0 Å². The highest BCUT2D eigenvalue weighted by Gasteiger charge is 2.02. The van der Waals surface area contributed by atoms with Crippen LogP contribution >= 0.6 is 11.3 Å². The lowest BCUT2D eigenvalue weighted by Gasteiger charge is -2.06. The smallest absolute Gasteiger partial charge is 0.107 e. The van der Waals surface area contributed by atoms with E-state index in [2.05, 4.69) is 40.0 Å². The Morgan fingerprint density at radius 2 is 2.29 bits per heavy atom. The summed E-state index contributed by atoms with van der Waals surface area (Å²) in [6.45, 7) is 6.91. The fourth-order valence-corrected chi connectivity index (χ4v) is 2.46. The number of hydrogen-bond acceptors (Lipinski definition) is 4. The van der Waals surface area contributed by atoms with Gasteiger partial charge in [-0.3, -0.25) is 4.68 Å². The van der Waals surface area contributed by atoms with Gasteiger partial charge in [-0.25, -0.2) is 4.98 Å². The quantitative estimate of drug-likeness (QED) is 0.855. The van der Waals surface area contributed by atoms with Crippen LogP contribution in [0.5, 0.6) is 0 Å². The molecule has 2 rings (SSSR count). The number of nitrogens with zero attached hydrogens (tertiary/aromatic N) is 3. The van der Waals surface area contributed by atoms with E-state index in [1.807, 2.05) is 12.4 Å². The number of hydrogen-bond donors (Lipinski definition) is 1. The Hall–Kier alpha value is -1.20. The van der Waals surface area contributed by atoms with Crippen molar-refractivity contribution >= 4 is 11.3 Å². The summed E-state index contributed by atoms with van der Waals surface area (Å²) >= 11 is 1.74. The molecule has 2 heterocycles. The molecular weight excluding hydrogens is 232 g/mol. The number of rotatable bonds is 6. The molecule has 0 bridgehead atoms. The van der Waals surface area contributed by atoms with Crippen molar-refractivity contribution in [3.05, 3.63) is 34.0 Å². The Morgan fingerprint density at radius 1 is 1.41 bits per heavy atom. The van der Waals surface area contributed by atoms with Crippen molar-refractivity contribution in [2.75, 3.05) is 0 Å². The first-order valence-corrected chi connectivity index (χ1v) is 6.74. The third kappa shape index (κ3) is 3.38. The van der Waals surface area contributed by atoms with Crippen molar-refractivity contribution in [3.63, 3.8) is 0 Å². The topological polar surface area (TPSA) is 42.7 Å². The maximum absolute atomic E-state index is 4.33. The molecule has 17 heavy (non-hydrogen) atoms. The number of nitrogens with one attached hydrogen (secondary N) is 1. The van der Waals surface area contributed by atoms with Gasteiger partial charge in [0.1, 0.15) is 5.01 Å². The molecule has 0 radical (unpaired) electrons. The van der Waals surface area contributed by atoms with Crippen molar-refractivity contribution in [1.29, 1.82) is 0 Å². The van der Waals surface area contributed by atoms with E-state index in [1.54, 1.807) is 11.3 Å². The molecule has 0 amide bonds. The van der Waals surface area contributed by atoms with E-state index < -0.39 is 0 Å². The number of aromatic nitrogens is 3. The van der Waals surface area contributed by atoms with Gasteiger partial charge in [0.25, 0.3) is 0 Å². The highest BCUT2D eigenvalue weighted by molar-refractivity contribution is 7.11. The number of aryl methyl sites for hydroxylation is 2. The van der Waals surface area contributed by atoms with Crippen LogP contribution in [0.2, 0.25) is 0 Å². The molecule has 0 aliphatic carbocycles. The molecule has 0 saturated carbocycles. The van der Waals surface area contributed by atoms with Gasteiger partial charge in [-0.1, -0.05) is 6.92 Å². The summed E-state index contributed by atoms with van der Waals surface area (Å²) < 4.78 is 2.06. The molecule has 4 nitrogen and oxygen atoms in total. The largest absolute Gasteiger partial charge is 0.305 e. The first kappa shape index (κ1) is 12.3. The summed E-state index contributed by atoms with van der Waals surface area (Å²) in [5.41, 5.74) is 1.24. The molecule has 0 saturated heterocycles. The average Bonchev–Trinajstić information content (AvgIpc) is 2.90. The Balaban J connectivity index is 1.83. The highest BCUT2D eigenvalue weighted by atomic mass is 32.1. The first-order chi connectivity index (χ1) is 8.29. The Labute approximate surface area is 106 Å². The summed E-state index contributed by atoms with van der Waals surface area (Å²) in [4.78, 5) is 5.59. The monoisotopic (exact) mass is 250 g/mol. The predicted molar refractivity (Wildman–Crippen MR) is 69.9 cm³/mol. The zero-order chi connectivity index (χ0) is 12.1. The van der Waals surface area contributed by atoms with Crippen LogP contribution < -0.4 is 5.32 Å². The molecule has 2 aromatic rings.